The molecule has 3 nitrogen and oxygen atoms in total. The molecule has 0 radical (unpaired) electrons. The van der Waals surface area contributed by atoms with Crippen molar-refractivity contribution in [2.45, 2.75) is 112 Å². The maximum Gasteiger partial charge on any atom is 3.00 e. The summed E-state index contributed by atoms with van der Waals surface area (Å²) in [4.78, 5) is 7.45. The van der Waals surface area contributed by atoms with Crippen molar-refractivity contribution in [1.82, 2.24) is 4.90 Å². The predicted octanol–water partition coefficient (Wildman–Crippen LogP) is 7.05. The fourth-order valence-corrected chi connectivity index (χ4v) is 3.63. The van der Waals surface area contributed by atoms with E-state index in [1.54, 1.807) is 0 Å². The molecule has 0 unspecified atom stereocenters. The maximum atomic E-state index is 4.98. The van der Waals surface area contributed by atoms with E-state index in [2.05, 4.69) is 99.5 Å². The van der Waals surface area contributed by atoms with Gasteiger partial charge in [0.05, 0.1) is 0 Å². The number of hydrogen-bond acceptors (Lipinski definition) is 1. The molecule has 0 aromatic carbocycles. The van der Waals surface area contributed by atoms with Crippen molar-refractivity contribution in [3.8, 4) is 0 Å². The van der Waals surface area contributed by atoms with Crippen LogP contribution in [0.5, 0.6) is 0 Å². The summed E-state index contributed by atoms with van der Waals surface area (Å²) in [6, 6.07) is 0. The van der Waals surface area contributed by atoms with Crippen molar-refractivity contribution in [3.05, 3.63) is 10.3 Å². The Balaban J connectivity index is -0.000000453. The van der Waals surface area contributed by atoms with E-state index in [1.165, 1.54) is 13.0 Å². The molecule has 0 fully saturated rings. The van der Waals surface area contributed by atoms with Gasteiger partial charge in [0.1, 0.15) is 0 Å². The summed E-state index contributed by atoms with van der Waals surface area (Å²) in [5.74, 6) is 0. The quantitative estimate of drug-likeness (QED) is 0.314. The van der Waals surface area contributed by atoms with Crippen LogP contribution in [0.25, 0.3) is 10.3 Å². The summed E-state index contributed by atoms with van der Waals surface area (Å²) in [7, 11) is -1.39. The normalized spacial score (nSPS) is 13.2. The van der Waals surface area contributed by atoms with Gasteiger partial charge in [0.15, 0.2) is 0 Å². The van der Waals surface area contributed by atoms with Gasteiger partial charge in [-0.05, 0) is 19.6 Å². The molecule has 0 heterocycles. The molecule has 0 amide bonds. The van der Waals surface area contributed by atoms with Gasteiger partial charge in [0.2, 0.25) is 0 Å². The van der Waals surface area contributed by atoms with Gasteiger partial charge in [-0.3, -0.25) is 0 Å². The summed E-state index contributed by atoms with van der Waals surface area (Å²) in [6.07, 6.45) is 1.22. The number of rotatable bonds is 7. The molecular formula is C21H49CoN3Si+. The largest absolute Gasteiger partial charge is 3.00 e. The maximum absolute atomic E-state index is 4.98. The minimum Gasteiger partial charge on any atom is -0.664 e. The number of hydrogen-bond donors (Lipinski definition) is 0. The first-order chi connectivity index (χ1) is 10.9. The van der Waals surface area contributed by atoms with Crippen LogP contribution in [0.4, 0.5) is 0 Å². The standard InChI is InChI=1S/C13H31N2Si.C8H18N.Co/c1-8-15(9-2)12-10-11-14-16(6,7)13(3,4)5;1-7(2,3)9-8(4,5)6;/h8-12H2,1-7H3;1-6H3;/q2*-1;+3. The molecule has 26 heavy (non-hydrogen) atoms. The second-order valence-corrected chi connectivity index (χ2v) is 15.5. The molecule has 0 aliphatic rings. The van der Waals surface area contributed by atoms with Crippen LogP contribution in [0.15, 0.2) is 0 Å². The van der Waals surface area contributed by atoms with E-state index < -0.39 is 8.24 Å². The summed E-state index contributed by atoms with van der Waals surface area (Å²) in [5, 5.41) is 4.93. The van der Waals surface area contributed by atoms with Gasteiger partial charge in [-0.2, -0.15) is 0 Å². The summed E-state index contributed by atoms with van der Waals surface area (Å²) < 4.78 is 0. The Morgan fingerprint density at radius 1 is 0.769 bits per heavy atom. The molecule has 0 aromatic rings. The topological polar surface area (TPSA) is 31.4 Å². The third-order valence-corrected chi connectivity index (χ3v) is 9.23. The monoisotopic (exact) mass is 430 g/mol. The van der Waals surface area contributed by atoms with Gasteiger partial charge >= 0.3 is 16.8 Å². The Hall–Kier alpha value is 0.603. The second-order valence-electron chi connectivity index (χ2n) is 10.5. The van der Waals surface area contributed by atoms with E-state index in [4.69, 9.17) is 4.98 Å². The molecule has 0 aliphatic heterocycles. The van der Waals surface area contributed by atoms with Crippen molar-refractivity contribution in [2.24, 2.45) is 0 Å². The molecule has 0 atom stereocenters. The van der Waals surface area contributed by atoms with E-state index in [1.807, 2.05) is 0 Å². The summed E-state index contributed by atoms with van der Waals surface area (Å²) >= 11 is 0. The molecule has 5 heteroatoms. The molecule has 0 N–H and O–H groups in total. The first-order valence-electron chi connectivity index (χ1n) is 10.1. The van der Waals surface area contributed by atoms with Crippen molar-refractivity contribution in [3.63, 3.8) is 0 Å². The first-order valence-corrected chi connectivity index (χ1v) is 13.0. The Morgan fingerprint density at radius 2 is 1.15 bits per heavy atom. The van der Waals surface area contributed by atoms with Gasteiger partial charge in [0.25, 0.3) is 0 Å². The van der Waals surface area contributed by atoms with E-state index >= 15 is 0 Å². The molecular weight excluding hydrogens is 381 g/mol. The zero-order chi connectivity index (χ0) is 20.5. The molecule has 0 aliphatic carbocycles. The van der Waals surface area contributed by atoms with Crippen molar-refractivity contribution in [2.75, 3.05) is 26.2 Å². The minimum atomic E-state index is -1.39. The molecule has 0 saturated carbocycles. The molecule has 0 aromatic heterocycles. The average molecular weight is 431 g/mol. The van der Waals surface area contributed by atoms with Crippen LogP contribution in [0.2, 0.25) is 18.1 Å². The van der Waals surface area contributed by atoms with E-state index in [9.17, 15) is 0 Å². The van der Waals surface area contributed by atoms with Gasteiger partial charge in [-0.15, -0.1) is 17.6 Å². The molecule has 0 bridgehead atoms. The summed E-state index contributed by atoms with van der Waals surface area (Å²) in [5.41, 5.74) is 0.219. The summed E-state index contributed by atoms with van der Waals surface area (Å²) in [6.45, 7) is 33.5. The van der Waals surface area contributed by atoms with Crippen LogP contribution in [-0.4, -0.2) is 50.4 Å². The van der Waals surface area contributed by atoms with Gasteiger partial charge in [0, 0.05) is 0 Å². The fourth-order valence-electron chi connectivity index (χ4n) is 2.44. The van der Waals surface area contributed by atoms with E-state index in [0.717, 1.165) is 19.6 Å². The number of nitrogens with zero attached hydrogens (tertiary/aromatic N) is 3. The van der Waals surface area contributed by atoms with Crippen LogP contribution < -0.4 is 0 Å². The Bertz CT molecular complexity index is 323. The predicted molar refractivity (Wildman–Crippen MR) is 121 cm³/mol. The fraction of sp³-hybridized carbons (Fsp3) is 1.00. The molecule has 160 valence electrons. The zero-order valence-electron chi connectivity index (χ0n) is 20.2. The van der Waals surface area contributed by atoms with Gasteiger partial charge < -0.3 is 15.2 Å². The first kappa shape index (κ1) is 31.3. The van der Waals surface area contributed by atoms with Gasteiger partial charge in [-0.25, -0.2) is 0 Å². The van der Waals surface area contributed by atoms with Crippen LogP contribution >= 0.6 is 0 Å². The van der Waals surface area contributed by atoms with Crippen LogP contribution in [0.3, 0.4) is 0 Å². The second kappa shape index (κ2) is 12.9. The Labute approximate surface area is 178 Å². The third-order valence-electron chi connectivity index (χ3n) is 4.54. The SMILES string of the molecule is CC(C)(C)[N-]C(C)(C)C.CCN(CC)CCC[N-][Si](C)(C)C(C)(C)C.[Co+3]. The third kappa shape index (κ3) is 18.0. The molecule has 0 spiro atoms. The molecule has 0 saturated heterocycles. The van der Waals surface area contributed by atoms with Crippen LogP contribution in [-0.2, 0) is 16.8 Å². The van der Waals surface area contributed by atoms with Crippen molar-refractivity contribution < 1.29 is 16.8 Å². The van der Waals surface area contributed by atoms with Crippen LogP contribution in [0.1, 0.15) is 82.6 Å². The minimum absolute atomic E-state index is 0. The van der Waals surface area contributed by atoms with Crippen LogP contribution in [0, 0.1) is 0 Å². The Kier molecular flexibility index (Phi) is 15.6. The molecule has 0 rings (SSSR count). The van der Waals surface area contributed by atoms with Crippen molar-refractivity contribution in [1.29, 1.82) is 0 Å². The van der Waals surface area contributed by atoms with Crippen molar-refractivity contribution >= 4 is 8.24 Å². The van der Waals surface area contributed by atoms with E-state index in [0.29, 0.717) is 5.04 Å². The van der Waals surface area contributed by atoms with E-state index in [-0.39, 0.29) is 27.9 Å². The van der Waals surface area contributed by atoms with Gasteiger partial charge in [-0.1, -0.05) is 109 Å². The zero-order valence-corrected chi connectivity index (χ0v) is 22.3. The Morgan fingerprint density at radius 3 is 1.38 bits per heavy atom. The average Bonchev–Trinajstić information content (AvgIpc) is 2.34. The smallest absolute Gasteiger partial charge is 0.664 e.